The largest absolute Gasteiger partial charge is 0.388 e. The highest BCUT2D eigenvalue weighted by Gasteiger charge is 1.85. The van der Waals surface area contributed by atoms with Crippen molar-refractivity contribution in [3.05, 3.63) is 36.6 Å². The molecule has 0 aliphatic carbocycles. The molecule has 0 saturated heterocycles. The summed E-state index contributed by atoms with van der Waals surface area (Å²) in [6, 6.07) is 0. The van der Waals surface area contributed by atoms with Gasteiger partial charge in [-0.3, -0.25) is 0 Å². The maximum absolute atomic E-state index is 8.09. The Balaban J connectivity index is 3.99. The van der Waals surface area contributed by atoms with Crippen LogP contribution in [0.1, 0.15) is 6.92 Å². The van der Waals surface area contributed by atoms with Crippen molar-refractivity contribution >= 4 is 0 Å². The first-order chi connectivity index (χ1) is 4.85. The Labute approximate surface area is 60.7 Å². The van der Waals surface area contributed by atoms with Gasteiger partial charge in [0.25, 0.3) is 6.26 Å². The molecule has 0 rings (SSSR count). The van der Waals surface area contributed by atoms with Gasteiger partial charge in [0.2, 0.25) is 0 Å². The van der Waals surface area contributed by atoms with Crippen LogP contribution in [-0.2, 0) is 4.74 Å². The third kappa shape index (κ3) is 3.50. The van der Waals surface area contributed by atoms with Gasteiger partial charge in [-0.15, -0.1) is 5.26 Å². The Morgan fingerprint density at radius 1 is 1.70 bits per heavy atom. The zero-order chi connectivity index (χ0) is 7.82. The summed E-state index contributed by atoms with van der Waals surface area (Å²) < 4.78 is 4.53. The molecule has 52 valence electrons. The minimum atomic E-state index is 0.530. The smallest absolute Gasteiger partial charge is 0.292 e. The van der Waals surface area contributed by atoms with Crippen LogP contribution in [0.15, 0.2) is 36.6 Å². The second-order valence-electron chi connectivity index (χ2n) is 1.48. The highest BCUT2D eigenvalue weighted by atomic mass is 16.5. The summed E-state index contributed by atoms with van der Waals surface area (Å²) in [6.07, 6.45) is 8.25. The lowest BCUT2D eigenvalue weighted by Gasteiger charge is -1.90. The van der Waals surface area contributed by atoms with E-state index in [4.69, 9.17) is 5.26 Å². The predicted molar refractivity (Wildman–Crippen MR) is 39.8 cm³/mol. The molecule has 0 unspecified atom stereocenters. The molecular formula is C8H9NO. The van der Waals surface area contributed by atoms with Gasteiger partial charge >= 0.3 is 0 Å². The summed E-state index contributed by atoms with van der Waals surface area (Å²) in [5, 5.41) is 8.09. The van der Waals surface area contributed by atoms with E-state index in [9.17, 15) is 0 Å². The monoisotopic (exact) mass is 135 g/mol. The molecule has 0 amide bonds. The molecule has 0 atom stereocenters. The Morgan fingerprint density at radius 2 is 2.40 bits per heavy atom. The number of hydrogen-bond donors (Lipinski definition) is 0. The first-order valence-corrected chi connectivity index (χ1v) is 2.86. The predicted octanol–water partition coefficient (Wildman–Crippen LogP) is 2.13. The molecule has 0 aromatic heterocycles. The van der Waals surface area contributed by atoms with Crippen LogP contribution < -0.4 is 0 Å². The van der Waals surface area contributed by atoms with Gasteiger partial charge in [0.05, 0.1) is 0 Å². The zero-order valence-electron chi connectivity index (χ0n) is 5.87. The minimum absolute atomic E-state index is 0.530. The van der Waals surface area contributed by atoms with E-state index in [-0.39, 0.29) is 0 Å². The molecule has 0 heterocycles. The van der Waals surface area contributed by atoms with Crippen molar-refractivity contribution in [3.8, 4) is 6.26 Å². The van der Waals surface area contributed by atoms with E-state index in [0.29, 0.717) is 5.76 Å². The van der Waals surface area contributed by atoms with E-state index < -0.39 is 0 Å². The highest BCUT2D eigenvalue weighted by Crippen LogP contribution is 1.97. The molecule has 0 bridgehead atoms. The topological polar surface area (TPSA) is 33.0 Å². The van der Waals surface area contributed by atoms with Crippen LogP contribution in [0.4, 0.5) is 0 Å². The first kappa shape index (κ1) is 8.51. The Morgan fingerprint density at radius 3 is 2.80 bits per heavy atom. The van der Waals surface area contributed by atoms with E-state index in [1.165, 1.54) is 0 Å². The second kappa shape index (κ2) is 5.64. The van der Waals surface area contributed by atoms with E-state index in [0.717, 1.165) is 0 Å². The summed E-state index contributed by atoms with van der Waals surface area (Å²) in [6.45, 7) is 5.27. The van der Waals surface area contributed by atoms with Crippen molar-refractivity contribution in [2.24, 2.45) is 0 Å². The summed E-state index contributed by atoms with van der Waals surface area (Å²) in [4.78, 5) is 0. The van der Waals surface area contributed by atoms with Crippen molar-refractivity contribution in [2.75, 3.05) is 0 Å². The SMILES string of the molecule is C=C/C=C\C(=C/C)OC#N. The van der Waals surface area contributed by atoms with Crippen LogP contribution in [0.25, 0.3) is 0 Å². The number of nitriles is 1. The highest BCUT2D eigenvalue weighted by molar-refractivity contribution is 5.16. The molecule has 0 radical (unpaired) electrons. The zero-order valence-corrected chi connectivity index (χ0v) is 5.87. The standard InChI is InChI=1S/C8H9NO/c1-3-5-6-8(4-2)10-7-9/h3-6H,1H2,2H3/b6-5-,8-4+. The van der Waals surface area contributed by atoms with E-state index in [2.05, 4.69) is 11.3 Å². The summed E-state index contributed by atoms with van der Waals surface area (Å²) in [5.41, 5.74) is 0. The van der Waals surface area contributed by atoms with Crippen molar-refractivity contribution in [1.29, 1.82) is 5.26 Å². The molecule has 2 nitrogen and oxygen atoms in total. The number of hydrogen-bond acceptors (Lipinski definition) is 2. The minimum Gasteiger partial charge on any atom is -0.388 e. The van der Waals surface area contributed by atoms with Crippen molar-refractivity contribution in [3.63, 3.8) is 0 Å². The van der Waals surface area contributed by atoms with Gasteiger partial charge in [-0.05, 0) is 19.1 Å². The lowest BCUT2D eigenvalue weighted by molar-refractivity contribution is 0.392. The fraction of sp³-hybridized carbons (Fsp3) is 0.125. The fourth-order valence-corrected chi connectivity index (χ4v) is 0.405. The lowest BCUT2D eigenvalue weighted by atomic mass is 10.4. The average molecular weight is 135 g/mol. The van der Waals surface area contributed by atoms with Gasteiger partial charge in [0.15, 0.2) is 0 Å². The maximum atomic E-state index is 8.09. The molecule has 0 spiro atoms. The second-order valence-corrected chi connectivity index (χ2v) is 1.48. The van der Waals surface area contributed by atoms with Gasteiger partial charge in [-0.25, -0.2) is 0 Å². The number of allylic oxidation sites excluding steroid dienone is 4. The Hall–Kier alpha value is -1.49. The molecule has 0 aliphatic rings. The summed E-state index contributed by atoms with van der Waals surface area (Å²) in [7, 11) is 0. The Bertz CT molecular complexity index is 196. The van der Waals surface area contributed by atoms with Gasteiger partial charge in [0, 0.05) is 0 Å². The van der Waals surface area contributed by atoms with Gasteiger partial charge in [-0.1, -0.05) is 18.7 Å². The molecule has 0 N–H and O–H groups in total. The number of ether oxygens (including phenoxy) is 1. The molecule has 10 heavy (non-hydrogen) atoms. The van der Waals surface area contributed by atoms with Gasteiger partial charge < -0.3 is 4.74 Å². The number of rotatable bonds is 3. The summed E-state index contributed by atoms with van der Waals surface area (Å²) in [5.74, 6) is 0.530. The third-order valence-corrected chi connectivity index (χ3v) is 0.845. The van der Waals surface area contributed by atoms with Crippen LogP contribution >= 0.6 is 0 Å². The molecule has 0 aromatic rings. The average Bonchev–Trinajstić information content (AvgIpc) is 1.98. The molecule has 2 heteroatoms. The lowest BCUT2D eigenvalue weighted by Crippen LogP contribution is -1.77. The van der Waals surface area contributed by atoms with E-state index >= 15 is 0 Å². The van der Waals surface area contributed by atoms with Gasteiger partial charge in [0.1, 0.15) is 5.76 Å². The van der Waals surface area contributed by atoms with Gasteiger partial charge in [-0.2, -0.15) is 0 Å². The van der Waals surface area contributed by atoms with Crippen molar-refractivity contribution in [2.45, 2.75) is 6.92 Å². The van der Waals surface area contributed by atoms with E-state index in [1.54, 1.807) is 37.5 Å². The van der Waals surface area contributed by atoms with Crippen LogP contribution in [0, 0.1) is 11.5 Å². The van der Waals surface area contributed by atoms with Crippen LogP contribution in [0.5, 0.6) is 0 Å². The maximum Gasteiger partial charge on any atom is 0.292 e. The molecule has 0 fully saturated rings. The summed E-state index contributed by atoms with van der Waals surface area (Å²) >= 11 is 0. The molecular weight excluding hydrogens is 126 g/mol. The van der Waals surface area contributed by atoms with E-state index in [1.807, 2.05) is 0 Å². The number of nitrogens with zero attached hydrogens (tertiary/aromatic N) is 1. The molecule has 0 aliphatic heterocycles. The molecule has 0 aromatic carbocycles. The van der Waals surface area contributed by atoms with Crippen molar-refractivity contribution in [1.82, 2.24) is 0 Å². The Kier molecular flexibility index (Phi) is 4.80. The quantitative estimate of drug-likeness (QED) is 0.337. The normalized spacial score (nSPS) is 11.0. The van der Waals surface area contributed by atoms with Crippen LogP contribution in [0.2, 0.25) is 0 Å². The first-order valence-electron chi connectivity index (χ1n) is 2.86. The van der Waals surface area contributed by atoms with Crippen molar-refractivity contribution < 1.29 is 4.74 Å². The van der Waals surface area contributed by atoms with Crippen LogP contribution in [0.3, 0.4) is 0 Å². The van der Waals surface area contributed by atoms with Crippen LogP contribution in [-0.4, -0.2) is 0 Å². The molecule has 0 saturated carbocycles. The fourth-order valence-electron chi connectivity index (χ4n) is 0.405. The third-order valence-electron chi connectivity index (χ3n) is 0.845.